The van der Waals surface area contributed by atoms with Crippen LogP contribution in [0.3, 0.4) is 0 Å². The van der Waals surface area contributed by atoms with Gasteiger partial charge in [-0.05, 0) is 17.7 Å². The first-order valence-electron chi connectivity index (χ1n) is 5.58. The molecular weight excluding hydrogens is 234 g/mol. The smallest absolute Gasteiger partial charge is 0.260 e. The molecule has 1 heterocycles. The van der Waals surface area contributed by atoms with Gasteiger partial charge in [0.05, 0.1) is 6.61 Å². The van der Waals surface area contributed by atoms with Crippen molar-refractivity contribution in [3.8, 4) is 0 Å². The van der Waals surface area contributed by atoms with Gasteiger partial charge in [0.25, 0.3) is 5.91 Å². The Labute approximate surface area is 104 Å². The number of amides is 1. The van der Waals surface area contributed by atoms with E-state index in [9.17, 15) is 4.79 Å². The van der Waals surface area contributed by atoms with Crippen LogP contribution in [0, 0.1) is 6.92 Å². The van der Waals surface area contributed by atoms with Crippen LogP contribution in [0.4, 0.5) is 0 Å². The lowest BCUT2D eigenvalue weighted by Crippen LogP contribution is -2.36. The maximum absolute atomic E-state index is 11.1. The number of carbonyl (C=O) groups is 1. The van der Waals surface area contributed by atoms with Crippen molar-refractivity contribution in [2.45, 2.75) is 13.5 Å². The lowest BCUT2D eigenvalue weighted by molar-refractivity contribution is -0.126. The molecule has 0 atom stereocenters. The molecule has 96 valence electrons. The van der Waals surface area contributed by atoms with Gasteiger partial charge in [0.1, 0.15) is 12.1 Å². The number of aryl methyl sites for hydroxylation is 1. The van der Waals surface area contributed by atoms with Crippen LogP contribution in [0.1, 0.15) is 11.5 Å². The van der Waals surface area contributed by atoms with E-state index in [0.29, 0.717) is 12.5 Å². The van der Waals surface area contributed by atoms with Crippen LogP contribution in [-0.4, -0.2) is 24.5 Å². The third-order valence-electron chi connectivity index (χ3n) is 2.33. The first-order valence-corrected chi connectivity index (χ1v) is 5.58. The number of carbonyl (C=O) groups excluding carboxylic acids is 1. The van der Waals surface area contributed by atoms with Crippen molar-refractivity contribution in [1.82, 2.24) is 15.8 Å². The molecule has 1 aromatic heterocycles. The molecule has 2 rings (SSSR count). The Morgan fingerprint density at radius 2 is 2.33 bits per heavy atom. The van der Waals surface area contributed by atoms with Gasteiger partial charge in [0.15, 0.2) is 11.5 Å². The van der Waals surface area contributed by atoms with Crippen molar-refractivity contribution in [1.29, 1.82) is 0 Å². The lowest BCUT2D eigenvalue weighted by Gasteiger charge is -2.04. The highest BCUT2D eigenvalue weighted by Crippen LogP contribution is 2.17. The molecule has 0 unspecified atom stereocenters. The molecule has 0 aliphatic heterocycles. The number of hydrazine groups is 1. The van der Waals surface area contributed by atoms with Gasteiger partial charge in [-0.25, -0.2) is 10.4 Å². The molecule has 0 saturated carbocycles. The minimum Gasteiger partial charge on any atom is -0.441 e. The maximum Gasteiger partial charge on any atom is 0.260 e. The number of benzene rings is 1. The fourth-order valence-electron chi connectivity index (χ4n) is 1.61. The summed E-state index contributed by atoms with van der Waals surface area (Å²) in [4.78, 5) is 15.3. The Morgan fingerprint density at radius 3 is 3.11 bits per heavy atom. The van der Waals surface area contributed by atoms with Crippen molar-refractivity contribution in [3.63, 3.8) is 0 Å². The first kappa shape index (κ1) is 12.5. The van der Waals surface area contributed by atoms with Crippen molar-refractivity contribution in [2.75, 3.05) is 13.7 Å². The Balaban J connectivity index is 1.93. The summed E-state index contributed by atoms with van der Waals surface area (Å²) in [6, 6.07) is 5.64. The van der Waals surface area contributed by atoms with Crippen molar-refractivity contribution < 1.29 is 13.9 Å². The number of aromatic nitrogens is 1. The van der Waals surface area contributed by atoms with E-state index in [-0.39, 0.29) is 12.5 Å². The van der Waals surface area contributed by atoms with Gasteiger partial charge in [-0.1, -0.05) is 6.07 Å². The molecule has 2 N–H and O–H groups in total. The van der Waals surface area contributed by atoms with Crippen molar-refractivity contribution in [3.05, 3.63) is 29.7 Å². The maximum atomic E-state index is 11.1. The van der Waals surface area contributed by atoms with E-state index < -0.39 is 0 Å². The van der Waals surface area contributed by atoms with E-state index in [4.69, 9.17) is 9.15 Å². The predicted octanol–water partition coefficient (Wildman–Crippen LogP) is 0.903. The Bertz CT molecular complexity index is 550. The number of hydrogen-bond acceptors (Lipinski definition) is 5. The Kier molecular flexibility index (Phi) is 3.91. The molecule has 0 fully saturated rings. The molecule has 0 aliphatic rings. The highest BCUT2D eigenvalue weighted by Gasteiger charge is 2.04. The van der Waals surface area contributed by atoms with E-state index in [1.165, 1.54) is 0 Å². The van der Waals surface area contributed by atoms with E-state index >= 15 is 0 Å². The summed E-state index contributed by atoms with van der Waals surface area (Å²) in [5.41, 5.74) is 7.46. The Morgan fingerprint density at radius 1 is 1.50 bits per heavy atom. The monoisotopic (exact) mass is 249 g/mol. The summed E-state index contributed by atoms with van der Waals surface area (Å²) in [6.07, 6.45) is 0. The van der Waals surface area contributed by atoms with Crippen LogP contribution in [0.25, 0.3) is 11.1 Å². The zero-order valence-corrected chi connectivity index (χ0v) is 10.3. The van der Waals surface area contributed by atoms with E-state index in [0.717, 1.165) is 16.7 Å². The van der Waals surface area contributed by atoms with Crippen LogP contribution in [0.2, 0.25) is 0 Å². The van der Waals surface area contributed by atoms with Crippen LogP contribution in [-0.2, 0) is 16.1 Å². The first-order chi connectivity index (χ1) is 8.69. The van der Waals surface area contributed by atoms with E-state index in [1.54, 1.807) is 14.0 Å². The molecule has 6 heteroatoms. The van der Waals surface area contributed by atoms with Crippen LogP contribution < -0.4 is 10.9 Å². The minimum absolute atomic E-state index is 0.00824. The summed E-state index contributed by atoms with van der Waals surface area (Å²) in [5, 5.41) is 0. The van der Waals surface area contributed by atoms with Gasteiger partial charge >= 0.3 is 0 Å². The van der Waals surface area contributed by atoms with E-state index in [2.05, 4.69) is 15.8 Å². The van der Waals surface area contributed by atoms with Crippen molar-refractivity contribution >= 4 is 17.0 Å². The highest BCUT2D eigenvalue weighted by molar-refractivity contribution is 5.76. The molecule has 0 radical (unpaired) electrons. The van der Waals surface area contributed by atoms with Gasteiger partial charge in [0.2, 0.25) is 0 Å². The van der Waals surface area contributed by atoms with Crippen LogP contribution >= 0.6 is 0 Å². The van der Waals surface area contributed by atoms with Gasteiger partial charge in [-0.3, -0.25) is 10.2 Å². The standard InChI is InChI=1S/C12H15N3O3/c1-8-14-10-4-3-9(5-11(10)18-8)6-17-7-12(16)15-13-2/h3-5,13H,6-7H2,1-2H3,(H,15,16). The summed E-state index contributed by atoms with van der Waals surface area (Å²) in [7, 11) is 1.62. The predicted molar refractivity (Wildman–Crippen MR) is 65.6 cm³/mol. The van der Waals surface area contributed by atoms with Gasteiger partial charge in [0, 0.05) is 14.0 Å². The molecule has 0 spiro atoms. The van der Waals surface area contributed by atoms with Gasteiger partial charge < -0.3 is 9.15 Å². The molecule has 0 aliphatic carbocycles. The number of nitrogens with one attached hydrogen (secondary N) is 2. The fraction of sp³-hybridized carbons (Fsp3) is 0.333. The third-order valence-corrected chi connectivity index (χ3v) is 2.33. The average Bonchev–Trinajstić information content (AvgIpc) is 2.69. The summed E-state index contributed by atoms with van der Waals surface area (Å²) in [5.74, 6) is 0.422. The Hall–Kier alpha value is -1.92. The zero-order chi connectivity index (χ0) is 13.0. The van der Waals surface area contributed by atoms with Crippen LogP contribution in [0.15, 0.2) is 22.6 Å². The van der Waals surface area contributed by atoms with Gasteiger partial charge in [-0.15, -0.1) is 0 Å². The molecule has 0 bridgehead atoms. The summed E-state index contributed by atoms with van der Waals surface area (Å²) in [6.45, 7) is 2.17. The van der Waals surface area contributed by atoms with Gasteiger partial charge in [-0.2, -0.15) is 0 Å². The number of ether oxygens (including phenoxy) is 1. The molecular formula is C12H15N3O3. The molecule has 1 aromatic carbocycles. The number of oxazole rings is 1. The topological polar surface area (TPSA) is 76.4 Å². The number of hydrogen-bond donors (Lipinski definition) is 2. The van der Waals surface area contributed by atoms with E-state index in [1.807, 2.05) is 18.2 Å². The van der Waals surface area contributed by atoms with Crippen molar-refractivity contribution in [2.24, 2.45) is 0 Å². The fourth-order valence-corrected chi connectivity index (χ4v) is 1.61. The second-order valence-electron chi connectivity index (χ2n) is 3.83. The molecule has 2 aromatic rings. The molecule has 6 nitrogen and oxygen atoms in total. The minimum atomic E-state index is -0.214. The molecule has 1 amide bonds. The number of fused-ring (bicyclic) bond motifs is 1. The second-order valence-corrected chi connectivity index (χ2v) is 3.83. The normalized spacial score (nSPS) is 10.8. The summed E-state index contributed by atoms with van der Waals surface area (Å²) < 4.78 is 10.7. The quantitative estimate of drug-likeness (QED) is 0.770. The number of rotatable bonds is 5. The average molecular weight is 249 g/mol. The largest absolute Gasteiger partial charge is 0.441 e. The third kappa shape index (κ3) is 3.06. The lowest BCUT2D eigenvalue weighted by atomic mass is 10.2. The molecule has 18 heavy (non-hydrogen) atoms. The van der Waals surface area contributed by atoms with Crippen LogP contribution in [0.5, 0.6) is 0 Å². The molecule has 0 saturated heterocycles. The highest BCUT2D eigenvalue weighted by atomic mass is 16.5. The summed E-state index contributed by atoms with van der Waals surface area (Å²) >= 11 is 0. The SMILES string of the molecule is CNNC(=O)COCc1ccc2nc(C)oc2c1. The second kappa shape index (κ2) is 5.61. The number of nitrogens with zero attached hydrogens (tertiary/aromatic N) is 1. The zero-order valence-electron chi connectivity index (χ0n) is 10.3.